The minimum atomic E-state index is -1.79. The Labute approximate surface area is 178 Å². The van der Waals surface area contributed by atoms with Crippen LogP contribution in [-0.2, 0) is 10.4 Å². The molecule has 4 aromatic rings. The molecular formula is C25H20N2O4. The summed E-state index contributed by atoms with van der Waals surface area (Å²) < 4.78 is 6.83. The van der Waals surface area contributed by atoms with E-state index in [0.29, 0.717) is 27.9 Å². The van der Waals surface area contributed by atoms with Crippen molar-refractivity contribution in [3.8, 4) is 11.4 Å². The van der Waals surface area contributed by atoms with Crippen LogP contribution >= 0.6 is 0 Å². The Hall–Kier alpha value is -3.77. The Morgan fingerprint density at radius 1 is 1.03 bits per heavy atom. The Bertz CT molecular complexity index is 1410. The fourth-order valence-electron chi connectivity index (χ4n) is 4.14. The molecule has 3 aromatic carbocycles. The van der Waals surface area contributed by atoms with Crippen molar-refractivity contribution in [2.75, 3.05) is 0 Å². The Morgan fingerprint density at radius 3 is 2.52 bits per heavy atom. The zero-order chi connectivity index (χ0) is 21.8. The van der Waals surface area contributed by atoms with Gasteiger partial charge in [-0.15, -0.1) is 0 Å². The number of aliphatic hydroxyl groups is 1. The molecule has 1 aliphatic heterocycles. The fourth-order valence-corrected chi connectivity index (χ4v) is 4.14. The van der Waals surface area contributed by atoms with E-state index in [1.54, 1.807) is 48.5 Å². The summed E-state index contributed by atoms with van der Waals surface area (Å²) in [5.74, 6) is -0.106. The van der Waals surface area contributed by atoms with E-state index in [9.17, 15) is 14.7 Å². The summed E-state index contributed by atoms with van der Waals surface area (Å²) in [6.45, 7) is 3.80. The van der Waals surface area contributed by atoms with Crippen molar-refractivity contribution in [2.45, 2.75) is 25.9 Å². The van der Waals surface area contributed by atoms with Crippen LogP contribution in [-0.4, -0.2) is 20.6 Å². The number of esters is 1. The lowest BCUT2D eigenvalue weighted by atomic mass is 9.90. The van der Waals surface area contributed by atoms with Gasteiger partial charge >= 0.3 is 5.97 Å². The number of hydrogen-bond acceptors (Lipinski definition) is 5. The summed E-state index contributed by atoms with van der Waals surface area (Å²) in [7, 11) is 0. The number of carbonyl (C=O) groups is 1. The third kappa shape index (κ3) is 3.04. The standard InChI is InChI=1S/C25H20N2O4/c1-15-8-10-20-18(12-15)23(29)27-21-11-9-16(2)13-19(21)25(30,24(27)26-20)14-22(28)31-17-6-4-3-5-7-17/h3-13,30H,14H2,1-2H3/t25-/m0/s1. The van der Waals surface area contributed by atoms with Gasteiger partial charge in [0.25, 0.3) is 5.56 Å². The topological polar surface area (TPSA) is 81.4 Å². The van der Waals surface area contributed by atoms with E-state index >= 15 is 0 Å². The van der Waals surface area contributed by atoms with E-state index < -0.39 is 11.6 Å². The van der Waals surface area contributed by atoms with Gasteiger partial charge in [-0.05, 0) is 44.2 Å². The van der Waals surface area contributed by atoms with Crippen LogP contribution < -0.4 is 10.3 Å². The molecular weight excluding hydrogens is 392 g/mol. The van der Waals surface area contributed by atoms with Gasteiger partial charge in [-0.1, -0.05) is 47.5 Å². The number of benzene rings is 3. The number of carbonyl (C=O) groups excluding carboxylic acids is 1. The van der Waals surface area contributed by atoms with Crippen molar-refractivity contribution in [1.29, 1.82) is 0 Å². The van der Waals surface area contributed by atoms with Crippen molar-refractivity contribution >= 4 is 16.9 Å². The number of aryl methyl sites for hydroxylation is 2. The summed E-state index contributed by atoms with van der Waals surface area (Å²) in [6, 6.07) is 19.5. The third-order valence-corrected chi connectivity index (χ3v) is 5.61. The van der Waals surface area contributed by atoms with E-state index in [4.69, 9.17) is 4.74 Å². The molecule has 31 heavy (non-hydrogen) atoms. The van der Waals surface area contributed by atoms with Gasteiger partial charge in [0.05, 0.1) is 23.0 Å². The summed E-state index contributed by atoms with van der Waals surface area (Å²) >= 11 is 0. The fraction of sp³-hybridized carbons (Fsp3) is 0.160. The highest BCUT2D eigenvalue weighted by Crippen LogP contribution is 2.42. The summed E-state index contributed by atoms with van der Waals surface area (Å²) in [5.41, 5.74) is 1.24. The summed E-state index contributed by atoms with van der Waals surface area (Å²) in [4.78, 5) is 30.8. The van der Waals surface area contributed by atoms with Crippen molar-refractivity contribution in [3.63, 3.8) is 0 Å². The number of fused-ring (bicyclic) bond motifs is 4. The molecule has 1 aromatic heterocycles. The highest BCUT2D eigenvalue weighted by atomic mass is 16.5. The van der Waals surface area contributed by atoms with Crippen LogP contribution in [0.3, 0.4) is 0 Å². The van der Waals surface area contributed by atoms with Crippen LogP contribution in [0.15, 0.2) is 71.5 Å². The zero-order valence-corrected chi connectivity index (χ0v) is 17.1. The molecule has 0 radical (unpaired) electrons. The Balaban J connectivity index is 1.69. The van der Waals surface area contributed by atoms with Gasteiger partial charge < -0.3 is 9.84 Å². The monoisotopic (exact) mass is 412 g/mol. The van der Waals surface area contributed by atoms with Gasteiger partial charge in [0, 0.05) is 5.56 Å². The molecule has 154 valence electrons. The van der Waals surface area contributed by atoms with E-state index in [2.05, 4.69) is 4.98 Å². The average molecular weight is 412 g/mol. The first-order chi connectivity index (χ1) is 14.9. The number of rotatable bonds is 3. The van der Waals surface area contributed by atoms with E-state index in [0.717, 1.165) is 11.1 Å². The third-order valence-electron chi connectivity index (χ3n) is 5.61. The van der Waals surface area contributed by atoms with Crippen LogP contribution in [0.2, 0.25) is 0 Å². The van der Waals surface area contributed by atoms with Gasteiger partial charge in [0.2, 0.25) is 0 Å². The molecule has 2 heterocycles. The summed E-state index contributed by atoms with van der Waals surface area (Å²) in [5, 5.41) is 12.2. The molecule has 0 aliphatic carbocycles. The number of aromatic nitrogens is 2. The highest BCUT2D eigenvalue weighted by Gasteiger charge is 2.47. The maximum absolute atomic E-state index is 13.4. The van der Waals surface area contributed by atoms with Crippen LogP contribution in [0.5, 0.6) is 5.75 Å². The first kappa shape index (κ1) is 19.2. The second-order valence-corrected chi connectivity index (χ2v) is 7.94. The van der Waals surface area contributed by atoms with Gasteiger partial charge in [0.1, 0.15) is 5.75 Å². The van der Waals surface area contributed by atoms with Gasteiger partial charge in [-0.25, -0.2) is 4.98 Å². The number of para-hydroxylation sites is 1. The lowest BCUT2D eigenvalue weighted by Gasteiger charge is -2.23. The molecule has 0 saturated heterocycles. The van der Waals surface area contributed by atoms with Crippen molar-refractivity contribution in [3.05, 3.63) is 99.6 Å². The molecule has 5 rings (SSSR count). The first-order valence-electron chi connectivity index (χ1n) is 10.0. The molecule has 0 bridgehead atoms. The van der Waals surface area contributed by atoms with Crippen molar-refractivity contribution in [1.82, 2.24) is 9.55 Å². The molecule has 1 atom stereocenters. The second kappa shape index (κ2) is 6.89. The molecule has 0 fully saturated rings. The molecule has 6 heteroatoms. The van der Waals surface area contributed by atoms with Crippen LogP contribution in [0.4, 0.5) is 0 Å². The summed E-state index contributed by atoms with van der Waals surface area (Å²) in [6.07, 6.45) is -0.373. The Morgan fingerprint density at radius 2 is 1.74 bits per heavy atom. The average Bonchev–Trinajstić information content (AvgIpc) is 2.97. The molecule has 0 saturated carbocycles. The highest BCUT2D eigenvalue weighted by molar-refractivity contribution is 5.81. The van der Waals surface area contributed by atoms with Gasteiger partial charge in [-0.2, -0.15) is 0 Å². The first-order valence-corrected chi connectivity index (χ1v) is 10.0. The number of hydrogen-bond donors (Lipinski definition) is 1. The van der Waals surface area contributed by atoms with Crippen molar-refractivity contribution in [2.24, 2.45) is 0 Å². The lowest BCUT2D eigenvalue weighted by molar-refractivity contribution is -0.138. The molecule has 0 amide bonds. The lowest BCUT2D eigenvalue weighted by Crippen LogP contribution is -2.33. The van der Waals surface area contributed by atoms with Crippen molar-refractivity contribution < 1.29 is 14.6 Å². The van der Waals surface area contributed by atoms with Crippen LogP contribution in [0, 0.1) is 13.8 Å². The molecule has 0 spiro atoms. The minimum Gasteiger partial charge on any atom is -0.426 e. The predicted molar refractivity (Wildman–Crippen MR) is 117 cm³/mol. The smallest absolute Gasteiger partial charge is 0.314 e. The van der Waals surface area contributed by atoms with Crippen LogP contribution in [0.1, 0.15) is 28.9 Å². The van der Waals surface area contributed by atoms with Gasteiger partial charge in [-0.3, -0.25) is 14.2 Å². The molecule has 1 aliphatic rings. The van der Waals surface area contributed by atoms with Crippen LogP contribution in [0.25, 0.3) is 16.6 Å². The van der Waals surface area contributed by atoms with E-state index in [-0.39, 0.29) is 17.8 Å². The largest absolute Gasteiger partial charge is 0.426 e. The molecule has 6 nitrogen and oxygen atoms in total. The van der Waals surface area contributed by atoms with E-state index in [1.807, 2.05) is 32.0 Å². The SMILES string of the molecule is Cc1ccc2c(c1)[C@@](O)(CC(=O)Oc1ccccc1)c1nc3ccc(C)cc3c(=O)n1-2. The number of nitrogens with zero attached hydrogens (tertiary/aromatic N) is 2. The van der Waals surface area contributed by atoms with E-state index in [1.165, 1.54) is 4.57 Å². The molecule has 0 unspecified atom stereocenters. The Kier molecular flexibility index (Phi) is 4.27. The quantitative estimate of drug-likeness (QED) is 0.411. The number of ether oxygens (including phenoxy) is 1. The maximum Gasteiger partial charge on any atom is 0.314 e. The molecule has 1 N–H and O–H groups in total. The normalized spacial score (nSPS) is 16.7. The van der Waals surface area contributed by atoms with Gasteiger partial charge in [0.15, 0.2) is 11.4 Å². The zero-order valence-electron chi connectivity index (χ0n) is 17.1. The second-order valence-electron chi connectivity index (χ2n) is 7.94. The predicted octanol–water partition coefficient (Wildman–Crippen LogP) is 3.55. The maximum atomic E-state index is 13.4. The minimum absolute atomic E-state index is 0.125.